The van der Waals surface area contributed by atoms with Crippen LogP contribution in [0, 0.1) is 11.3 Å². The molecule has 0 heterocycles. The highest BCUT2D eigenvalue weighted by molar-refractivity contribution is 5.81. The van der Waals surface area contributed by atoms with Crippen molar-refractivity contribution < 1.29 is 9.53 Å². The van der Waals surface area contributed by atoms with Crippen LogP contribution in [0.15, 0.2) is 72.8 Å². The van der Waals surface area contributed by atoms with E-state index >= 15 is 0 Å². The van der Waals surface area contributed by atoms with E-state index in [0.29, 0.717) is 5.56 Å². The van der Waals surface area contributed by atoms with Gasteiger partial charge in [-0.15, -0.1) is 0 Å². The van der Waals surface area contributed by atoms with Crippen LogP contribution in [-0.4, -0.2) is 13.1 Å². The minimum Gasteiger partial charge on any atom is -0.469 e. The molecule has 1 atom stereocenters. The molecule has 0 bridgehead atoms. The van der Waals surface area contributed by atoms with Gasteiger partial charge in [0.1, 0.15) is 0 Å². The molecule has 0 spiro atoms. The van der Waals surface area contributed by atoms with Gasteiger partial charge in [-0.25, -0.2) is 0 Å². The molecule has 0 aliphatic heterocycles. The second kappa shape index (κ2) is 9.01. The van der Waals surface area contributed by atoms with Crippen molar-refractivity contribution in [2.24, 2.45) is 0 Å². The zero-order chi connectivity index (χ0) is 19.9. The smallest absolute Gasteiger partial charge is 0.313 e. The summed E-state index contributed by atoms with van der Waals surface area (Å²) in [5.74, 6) is -0.527. The molecule has 1 unspecified atom stereocenters. The number of hydrogen-bond acceptors (Lipinski definition) is 3. The minimum absolute atomic E-state index is 0.219. The lowest BCUT2D eigenvalue weighted by atomic mass is 9.88. The molecule has 0 aliphatic carbocycles. The van der Waals surface area contributed by atoms with Crippen molar-refractivity contribution in [2.75, 3.05) is 7.11 Å². The zero-order valence-corrected chi connectivity index (χ0v) is 16.2. The van der Waals surface area contributed by atoms with Crippen molar-refractivity contribution in [3.63, 3.8) is 0 Å². The molecule has 0 N–H and O–H groups in total. The molecule has 3 aromatic carbocycles. The number of esters is 1. The second-order valence-corrected chi connectivity index (χ2v) is 6.77. The minimum atomic E-state index is -0.309. The zero-order valence-electron chi connectivity index (χ0n) is 16.2. The second-order valence-electron chi connectivity index (χ2n) is 6.77. The monoisotopic (exact) mass is 369 g/mol. The van der Waals surface area contributed by atoms with E-state index in [9.17, 15) is 10.1 Å². The van der Waals surface area contributed by atoms with Gasteiger partial charge in [0.2, 0.25) is 0 Å². The van der Waals surface area contributed by atoms with Crippen LogP contribution in [0.1, 0.15) is 36.8 Å². The number of carbonyl (C=O) groups is 1. The molecule has 0 amide bonds. The number of hydrogen-bond donors (Lipinski definition) is 0. The fourth-order valence-electron chi connectivity index (χ4n) is 3.44. The number of rotatable bonds is 6. The van der Waals surface area contributed by atoms with Crippen LogP contribution in [0.5, 0.6) is 0 Å². The first-order valence-corrected chi connectivity index (χ1v) is 9.45. The van der Waals surface area contributed by atoms with Crippen LogP contribution in [-0.2, 0) is 9.53 Å². The Morgan fingerprint density at radius 1 is 0.929 bits per heavy atom. The van der Waals surface area contributed by atoms with Gasteiger partial charge in [-0.2, -0.15) is 5.26 Å². The summed E-state index contributed by atoms with van der Waals surface area (Å²) in [5, 5.41) is 9.25. The lowest BCUT2D eigenvalue weighted by molar-refractivity contribution is -0.142. The Labute approximate surface area is 166 Å². The SMILES string of the molecule is CCCC(C(=O)OC)c1cc(-c2ccccc2)cc(-c2cccc(C#N)c2)c1. The quantitative estimate of drug-likeness (QED) is 0.505. The van der Waals surface area contributed by atoms with Crippen molar-refractivity contribution in [1.29, 1.82) is 5.26 Å². The average molecular weight is 369 g/mol. The van der Waals surface area contributed by atoms with Gasteiger partial charge < -0.3 is 4.74 Å². The van der Waals surface area contributed by atoms with Gasteiger partial charge in [0, 0.05) is 0 Å². The van der Waals surface area contributed by atoms with Crippen LogP contribution >= 0.6 is 0 Å². The Morgan fingerprint density at radius 3 is 2.25 bits per heavy atom. The van der Waals surface area contributed by atoms with E-state index in [2.05, 4.69) is 37.3 Å². The number of nitrogens with zero attached hydrogens (tertiary/aromatic N) is 1. The first kappa shape index (κ1) is 19.4. The Bertz CT molecular complexity index is 1000. The molecule has 0 saturated heterocycles. The van der Waals surface area contributed by atoms with E-state index in [1.165, 1.54) is 7.11 Å². The van der Waals surface area contributed by atoms with Crippen molar-refractivity contribution in [2.45, 2.75) is 25.7 Å². The predicted molar refractivity (Wildman–Crippen MR) is 112 cm³/mol. The highest BCUT2D eigenvalue weighted by Crippen LogP contribution is 2.33. The van der Waals surface area contributed by atoms with Gasteiger partial charge >= 0.3 is 5.97 Å². The molecule has 0 radical (unpaired) electrons. The normalized spacial score (nSPS) is 11.5. The van der Waals surface area contributed by atoms with Gasteiger partial charge in [0.05, 0.1) is 24.7 Å². The van der Waals surface area contributed by atoms with Gasteiger partial charge in [0.15, 0.2) is 0 Å². The number of nitriles is 1. The summed E-state index contributed by atoms with van der Waals surface area (Å²) >= 11 is 0. The van der Waals surface area contributed by atoms with E-state index < -0.39 is 0 Å². The lowest BCUT2D eigenvalue weighted by Gasteiger charge is -2.17. The molecule has 0 aliphatic rings. The predicted octanol–water partition coefficient (Wildman–Crippen LogP) is 5.95. The molecule has 0 saturated carbocycles. The molecule has 28 heavy (non-hydrogen) atoms. The van der Waals surface area contributed by atoms with E-state index in [-0.39, 0.29) is 11.9 Å². The third kappa shape index (κ3) is 4.29. The molecule has 3 nitrogen and oxygen atoms in total. The highest BCUT2D eigenvalue weighted by Gasteiger charge is 2.22. The molecular weight excluding hydrogens is 346 g/mol. The average Bonchev–Trinajstić information content (AvgIpc) is 2.77. The van der Waals surface area contributed by atoms with Gasteiger partial charge in [-0.1, -0.05) is 67.9 Å². The van der Waals surface area contributed by atoms with Crippen LogP contribution in [0.2, 0.25) is 0 Å². The number of methoxy groups -OCH3 is 1. The van der Waals surface area contributed by atoms with Crippen LogP contribution in [0.3, 0.4) is 0 Å². The van der Waals surface area contributed by atoms with Crippen LogP contribution in [0.25, 0.3) is 22.3 Å². The van der Waals surface area contributed by atoms with E-state index in [1.807, 2.05) is 42.5 Å². The Kier molecular flexibility index (Phi) is 6.24. The molecule has 140 valence electrons. The van der Waals surface area contributed by atoms with Crippen LogP contribution in [0.4, 0.5) is 0 Å². The summed E-state index contributed by atoms with van der Waals surface area (Å²) in [7, 11) is 1.43. The molecule has 0 fully saturated rings. The van der Waals surface area contributed by atoms with E-state index in [0.717, 1.165) is 40.7 Å². The maximum absolute atomic E-state index is 12.4. The molecule has 3 aromatic rings. The third-order valence-electron chi connectivity index (χ3n) is 4.85. The Hall–Kier alpha value is -3.38. The molecule has 3 rings (SSSR count). The molecule has 3 heteroatoms. The van der Waals surface area contributed by atoms with Gasteiger partial charge in [-0.3, -0.25) is 4.79 Å². The van der Waals surface area contributed by atoms with Crippen molar-refractivity contribution >= 4 is 5.97 Å². The van der Waals surface area contributed by atoms with Crippen LogP contribution < -0.4 is 0 Å². The largest absolute Gasteiger partial charge is 0.469 e. The topological polar surface area (TPSA) is 50.1 Å². The fourth-order valence-corrected chi connectivity index (χ4v) is 3.44. The van der Waals surface area contributed by atoms with E-state index in [1.54, 1.807) is 6.07 Å². The first-order chi connectivity index (χ1) is 13.7. The van der Waals surface area contributed by atoms with Gasteiger partial charge in [0.25, 0.3) is 0 Å². The summed E-state index contributed by atoms with van der Waals surface area (Å²) in [6.45, 7) is 2.06. The van der Waals surface area contributed by atoms with E-state index in [4.69, 9.17) is 4.74 Å². The Balaban J connectivity index is 2.19. The standard InChI is InChI=1S/C25H23NO2/c1-3-8-24(25(27)28-2)23-15-21(19-10-5-4-6-11-19)14-22(16-23)20-12-7-9-18(13-20)17-26/h4-7,9-16,24H,3,8H2,1-2H3. The maximum Gasteiger partial charge on any atom is 0.313 e. The fraction of sp³-hybridized carbons (Fsp3) is 0.200. The summed E-state index contributed by atoms with van der Waals surface area (Å²) in [6.07, 6.45) is 1.61. The molecular formula is C25H23NO2. The maximum atomic E-state index is 12.4. The first-order valence-electron chi connectivity index (χ1n) is 9.45. The van der Waals surface area contributed by atoms with Crippen molar-refractivity contribution in [1.82, 2.24) is 0 Å². The molecule has 0 aromatic heterocycles. The van der Waals surface area contributed by atoms with Crippen molar-refractivity contribution in [3.05, 3.63) is 83.9 Å². The lowest BCUT2D eigenvalue weighted by Crippen LogP contribution is -2.14. The number of ether oxygens (including phenoxy) is 1. The Morgan fingerprint density at radius 2 is 1.61 bits per heavy atom. The highest BCUT2D eigenvalue weighted by atomic mass is 16.5. The third-order valence-corrected chi connectivity index (χ3v) is 4.85. The van der Waals surface area contributed by atoms with Gasteiger partial charge in [-0.05, 0) is 52.4 Å². The summed E-state index contributed by atoms with van der Waals surface area (Å²) in [5.41, 5.74) is 5.62. The summed E-state index contributed by atoms with van der Waals surface area (Å²) < 4.78 is 5.07. The summed E-state index contributed by atoms with van der Waals surface area (Å²) in [4.78, 5) is 12.4. The number of carbonyl (C=O) groups excluding carboxylic acids is 1. The van der Waals surface area contributed by atoms with Crippen molar-refractivity contribution in [3.8, 4) is 28.3 Å². The summed E-state index contributed by atoms with van der Waals surface area (Å²) in [6, 6.07) is 26.1. The number of benzene rings is 3.